The predicted octanol–water partition coefficient (Wildman–Crippen LogP) is 3.24. The monoisotopic (exact) mass is 228 g/mol. The molecule has 2 rings (SSSR count). The molecule has 0 radical (unpaired) electrons. The van der Waals surface area contributed by atoms with Crippen LogP contribution in [-0.4, -0.2) is 12.0 Å². The minimum absolute atomic E-state index is 0.259. The predicted molar refractivity (Wildman–Crippen MR) is 53.2 cm³/mol. The second kappa shape index (κ2) is 3.92. The van der Waals surface area contributed by atoms with Gasteiger partial charge in [0.2, 0.25) is 5.78 Å². The fourth-order valence-electron chi connectivity index (χ4n) is 2.20. The van der Waals surface area contributed by atoms with Gasteiger partial charge in [0.05, 0.1) is 0 Å². The van der Waals surface area contributed by atoms with E-state index in [9.17, 15) is 18.0 Å². The number of hydrogen-bond acceptors (Lipinski definition) is 1. The highest BCUT2D eigenvalue weighted by molar-refractivity contribution is 5.84. The molecular weight excluding hydrogens is 217 g/mol. The van der Waals surface area contributed by atoms with Crippen molar-refractivity contribution in [3.63, 3.8) is 0 Å². The van der Waals surface area contributed by atoms with Gasteiger partial charge in [0.1, 0.15) is 0 Å². The summed E-state index contributed by atoms with van der Waals surface area (Å²) in [5, 5.41) is 0. The van der Waals surface area contributed by atoms with Gasteiger partial charge >= 0.3 is 6.18 Å². The van der Waals surface area contributed by atoms with Gasteiger partial charge in [0, 0.05) is 6.42 Å². The minimum atomic E-state index is -4.70. The van der Waals surface area contributed by atoms with Crippen LogP contribution in [0.4, 0.5) is 13.2 Å². The molecule has 0 heterocycles. The summed E-state index contributed by atoms with van der Waals surface area (Å²) in [6.45, 7) is 0. The topological polar surface area (TPSA) is 17.1 Å². The molecule has 0 N–H and O–H groups in total. The lowest BCUT2D eigenvalue weighted by molar-refractivity contribution is -0.171. The van der Waals surface area contributed by atoms with Crippen LogP contribution in [0.3, 0.4) is 0 Å². The van der Waals surface area contributed by atoms with Gasteiger partial charge in [-0.3, -0.25) is 4.79 Å². The summed E-state index contributed by atoms with van der Waals surface area (Å²) < 4.78 is 36.4. The van der Waals surface area contributed by atoms with Crippen molar-refractivity contribution in [2.75, 3.05) is 0 Å². The third-order valence-electron chi connectivity index (χ3n) is 3.01. The fraction of sp³-hybridized carbons (Fsp3) is 0.417. The van der Waals surface area contributed by atoms with E-state index in [-0.39, 0.29) is 5.92 Å². The van der Waals surface area contributed by atoms with Crippen LogP contribution in [0.5, 0.6) is 0 Å². The van der Waals surface area contributed by atoms with Crippen LogP contribution in [-0.2, 0) is 11.2 Å². The SMILES string of the molecule is O=C(CC1CCc2ccccc21)C(F)(F)F. The summed E-state index contributed by atoms with van der Waals surface area (Å²) in [5.74, 6) is -1.88. The quantitative estimate of drug-likeness (QED) is 0.759. The third kappa shape index (κ3) is 2.10. The van der Waals surface area contributed by atoms with Crippen LogP contribution >= 0.6 is 0 Å². The van der Waals surface area contributed by atoms with E-state index in [0.717, 1.165) is 17.5 Å². The Morgan fingerprint density at radius 1 is 1.31 bits per heavy atom. The first kappa shape index (κ1) is 11.2. The Bertz CT molecular complexity index is 409. The van der Waals surface area contributed by atoms with Gasteiger partial charge in [0.15, 0.2) is 0 Å². The van der Waals surface area contributed by atoms with Crippen LogP contribution in [0.2, 0.25) is 0 Å². The number of benzene rings is 1. The first-order valence-electron chi connectivity index (χ1n) is 5.16. The van der Waals surface area contributed by atoms with Gasteiger partial charge < -0.3 is 0 Å². The molecule has 1 nitrogen and oxygen atoms in total. The smallest absolute Gasteiger partial charge is 0.290 e. The Hall–Kier alpha value is -1.32. The zero-order valence-corrected chi connectivity index (χ0v) is 8.55. The number of alkyl halides is 3. The third-order valence-corrected chi connectivity index (χ3v) is 3.01. The Morgan fingerprint density at radius 3 is 2.69 bits per heavy atom. The first-order valence-corrected chi connectivity index (χ1v) is 5.16. The van der Waals surface area contributed by atoms with Crippen LogP contribution < -0.4 is 0 Å². The van der Waals surface area contributed by atoms with Crippen molar-refractivity contribution in [1.29, 1.82) is 0 Å². The van der Waals surface area contributed by atoms with Gasteiger partial charge in [0.25, 0.3) is 0 Å². The number of aryl methyl sites for hydroxylation is 1. The summed E-state index contributed by atoms with van der Waals surface area (Å²) in [6, 6.07) is 7.39. The van der Waals surface area contributed by atoms with Crippen molar-refractivity contribution < 1.29 is 18.0 Å². The number of fused-ring (bicyclic) bond motifs is 1. The Balaban J connectivity index is 2.12. The lowest BCUT2D eigenvalue weighted by atomic mass is 9.95. The van der Waals surface area contributed by atoms with Gasteiger partial charge in [-0.15, -0.1) is 0 Å². The molecule has 4 heteroatoms. The molecule has 1 aromatic carbocycles. The van der Waals surface area contributed by atoms with E-state index >= 15 is 0 Å². The molecule has 0 aliphatic heterocycles. The number of ketones is 1. The van der Waals surface area contributed by atoms with E-state index in [1.165, 1.54) is 0 Å². The molecule has 0 spiro atoms. The van der Waals surface area contributed by atoms with Gasteiger partial charge in [-0.25, -0.2) is 0 Å². The average molecular weight is 228 g/mol. The highest BCUT2D eigenvalue weighted by Crippen LogP contribution is 2.37. The number of Topliss-reactive ketones (excluding diaryl/α,β-unsaturated/α-hetero) is 1. The molecule has 1 aliphatic carbocycles. The molecule has 1 aromatic rings. The second-order valence-electron chi connectivity index (χ2n) is 4.06. The molecule has 0 saturated heterocycles. The number of halogens is 3. The van der Waals surface area contributed by atoms with E-state index in [0.29, 0.717) is 6.42 Å². The molecular formula is C12H11F3O. The maximum absolute atomic E-state index is 12.1. The molecule has 86 valence electrons. The van der Waals surface area contributed by atoms with Crippen molar-refractivity contribution in [3.05, 3.63) is 35.4 Å². The summed E-state index contributed by atoms with van der Waals surface area (Å²) >= 11 is 0. The summed E-state index contributed by atoms with van der Waals surface area (Å²) in [6.07, 6.45) is -3.70. The largest absolute Gasteiger partial charge is 0.449 e. The number of carbonyl (C=O) groups excluding carboxylic acids is 1. The number of hydrogen-bond donors (Lipinski definition) is 0. The highest BCUT2D eigenvalue weighted by Gasteiger charge is 2.40. The zero-order valence-electron chi connectivity index (χ0n) is 8.55. The highest BCUT2D eigenvalue weighted by atomic mass is 19.4. The standard InChI is InChI=1S/C12H11F3O/c13-12(14,15)11(16)7-9-6-5-8-3-1-2-4-10(8)9/h1-4,9H,5-7H2. The minimum Gasteiger partial charge on any atom is -0.290 e. The van der Waals surface area contributed by atoms with Crippen LogP contribution in [0.25, 0.3) is 0 Å². The molecule has 0 saturated carbocycles. The lowest BCUT2D eigenvalue weighted by Crippen LogP contribution is -2.24. The Morgan fingerprint density at radius 2 is 2.00 bits per heavy atom. The van der Waals surface area contributed by atoms with E-state index in [1.807, 2.05) is 18.2 Å². The maximum Gasteiger partial charge on any atom is 0.449 e. The van der Waals surface area contributed by atoms with Crippen LogP contribution in [0.1, 0.15) is 29.9 Å². The molecule has 0 aromatic heterocycles. The maximum atomic E-state index is 12.1. The molecule has 0 amide bonds. The van der Waals surface area contributed by atoms with Gasteiger partial charge in [-0.2, -0.15) is 13.2 Å². The summed E-state index contributed by atoms with van der Waals surface area (Å²) in [7, 11) is 0. The van der Waals surface area contributed by atoms with Gasteiger partial charge in [-0.05, 0) is 29.9 Å². The number of carbonyl (C=O) groups is 1. The normalized spacial score (nSPS) is 19.6. The van der Waals surface area contributed by atoms with Crippen LogP contribution in [0.15, 0.2) is 24.3 Å². The van der Waals surface area contributed by atoms with E-state index in [2.05, 4.69) is 0 Å². The van der Waals surface area contributed by atoms with Crippen molar-refractivity contribution in [2.24, 2.45) is 0 Å². The van der Waals surface area contributed by atoms with Crippen molar-refractivity contribution in [3.8, 4) is 0 Å². The van der Waals surface area contributed by atoms with Gasteiger partial charge in [-0.1, -0.05) is 24.3 Å². The van der Waals surface area contributed by atoms with E-state index < -0.39 is 18.4 Å². The Kier molecular flexibility index (Phi) is 2.74. The van der Waals surface area contributed by atoms with E-state index in [1.54, 1.807) is 6.07 Å². The second-order valence-corrected chi connectivity index (χ2v) is 4.06. The molecule has 1 atom stereocenters. The fourth-order valence-corrected chi connectivity index (χ4v) is 2.20. The van der Waals surface area contributed by atoms with Crippen molar-refractivity contribution >= 4 is 5.78 Å². The van der Waals surface area contributed by atoms with Crippen molar-refractivity contribution in [1.82, 2.24) is 0 Å². The first-order chi connectivity index (χ1) is 7.48. The number of rotatable bonds is 2. The molecule has 1 unspecified atom stereocenters. The zero-order chi connectivity index (χ0) is 11.8. The van der Waals surface area contributed by atoms with Crippen molar-refractivity contribution in [2.45, 2.75) is 31.4 Å². The lowest BCUT2D eigenvalue weighted by Gasteiger charge is -2.11. The summed E-state index contributed by atoms with van der Waals surface area (Å²) in [5.41, 5.74) is 1.97. The molecule has 16 heavy (non-hydrogen) atoms. The molecule has 0 bridgehead atoms. The Labute approximate surface area is 91.3 Å². The van der Waals surface area contributed by atoms with E-state index in [4.69, 9.17) is 0 Å². The summed E-state index contributed by atoms with van der Waals surface area (Å²) in [4.78, 5) is 10.9. The average Bonchev–Trinajstić information content (AvgIpc) is 2.61. The van der Waals surface area contributed by atoms with Crippen LogP contribution in [0, 0.1) is 0 Å². The molecule has 1 aliphatic rings. The molecule has 0 fully saturated rings.